The third-order valence-electron chi connectivity index (χ3n) is 3.91. The maximum atomic E-state index is 13.3. The Hall–Kier alpha value is -1.49. The fourth-order valence-electron chi connectivity index (χ4n) is 2.19. The minimum absolute atomic E-state index is 0.00361. The summed E-state index contributed by atoms with van der Waals surface area (Å²) in [6, 6.07) is 3.44. The van der Waals surface area contributed by atoms with E-state index in [1.807, 2.05) is 0 Å². The van der Waals surface area contributed by atoms with Gasteiger partial charge >= 0.3 is 0 Å². The highest BCUT2D eigenvalue weighted by atomic mass is 19.2. The lowest BCUT2D eigenvalue weighted by Crippen LogP contribution is -2.30. The predicted molar refractivity (Wildman–Crippen MR) is 79.6 cm³/mol. The number of hydrogen-bond acceptors (Lipinski definition) is 2. The van der Waals surface area contributed by atoms with Crippen molar-refractivity contribution < 1.29 is 13.6 Å². The summed E-state index contributed by atoms with van der Waals surface area (Å²) in [5, 5.41) is 0. The summed E-state index contributed by atoms with van der Waals surface area (Å²) in [7, 11) is 1.68. The summed E-state index contributed by atoms with van der Waals surface area (Å²) in [5.41, 5.74) is 6.07. The van der Waals surface area contributed by atoms with Crippen molar-refractivity contribution in [3.05, 3.63) is 35.4 Å². The Morgan fingerprint density at radius 2 is 1.90 bits per heavy atom. The Bertz CT molecular complexity index is 479. The predicted octanol–water partition coefficient (Wildman–Crippen LogP) is 3.25. The van der Waals surface area contributed by atoms with Gasteiger partial charge in [0.2, 0.25) is 5.91 Å². The zero-order valence-corrected chi connectivity index (χ0v) is 12.9. The van der Waals surface area contributed by atoms with Gasteiger partial charge in [-0.3, -0.25) is 4.79 Å². The van der Waals surface area contributed by atoms with Crippen LogP contribution in [0.3, 0.4) is 0 Å². The number of nitrogens with two attached hydrogens (primary N) is 1. The van der Waals surface area contributed by atoms with Gasteiger partial charge in [0.25, 0.3) is 0 Å². The molecule has 0 aliphatic carbocycles. The van der Waals surface area contributed by atoms with Gasteiger partial charge < -0.3 is 10.6 Å². The molecule has 2 N–H and O–H groups in total. The van der Waals surface area contributed by atoms with Gasteiger partial charge in [-0.2, -0.15) is 0 Å². The SMILES string of the molecule is CC(CCN)CCC(=O)N(C)C(C)c1ccc(F)c(F)c1. The molecule has 0 saturated heterocycles. The molecule has 0 fully saturated rings. The standard InChI is InChI=1S/C16H24F2N2O/c1-11(8-9-19)4-7-16(21)20(3)12(2)13-5-6-14(17)15(18)10-13/h5-6,10-12H,4,7-9,19H2,1-3H3. The molecule has 1 aromatic rings. The second-order valence-electron chi connectivity index (χ2n) is 5.58. The molecule has 5 heteroatoms. The number of halogens is 2. The Morgan fingerprint density at radius 1 is 1.24 bits per heavy atom. The summed E-state index contributed by atoms with van der Waals surface area (Å²) in [5.74, 6) is -1.37. The van der Waals surface area contributed by atoms with Crippen LogP contribution in [-0.4, -0.2) is 24.4 Å². The van der Waals surface area contributed by atoms with Gasteiger partial charge in [-0.1, -0.05) is 13.0 Å². The first-order valence-electron chi connectivity index (χ1n) is 7.27. The highest BCUT2D eigenvalue weighted by molar-refractivity contribution is 5.76. The van der Waals surface area contributed by atoms with Gasteiger partial charge in [0.05, 0.1) is 6.04 Å². The summed E-state index contributed by atoms with van der Waals surface area (Å²) in [6.45, 7) is 4.49. The molecule has 1 rings (SSSR count). The van der Waals surface area contributed by atoms with Crippen LogP contribution in [0.25, 0.3) is 0 Å². The summed E-state index contributed by atoms with van der Waals surface area (Å²) < 4.78 is 26.2. The molecule has 118 valence electrons. The van der Waals surface area contributed by atoms with Crippen LogP contribution in [-0.2, 0) is 4.79 Å². The van der Waals surface area contributed by atoms with Gasteiger partial charge in [0.1, 0.15) is 0 Å². The third-order valence-corrected chi connectivity index (χ3v) is 3.91. The largest absolute Gasteiger partial charge is 0.339 e. The van der Waals surface area contributed by atoms with Crippen LogP contribution in [0.15, 0.2) is 18.2 Å². The molecule has 0 aliphatic heterocycles. The first-order chi connectivity index (χ1) is 9.86. The van der Waals surface area contributed by atoms with Crippen LogP contribution in [0.4, 0.5) is 8.78 Å². The molecule has 21 heavy (non-hydrogen) atoms. The van der Waals surface area contributed by atoms with Gasteiger partial charge in [-0.15, -0.1) is 0 Å². The Labute approximate surface area is 125 Å². The van der Waals surface area contributed by atoms with Gasteiger partial charge in [-0.25, -0.2) is 8.78 Å². The molecule has 0 heterocycles. The number of benzene rings is 1. The van der Waals surface area contributed by atoms with Crippen molar-refractivity contribution in [2.75, 3.05) is 13.6 Å². The number of hydrogen-bond donors (Lipinski definition) is 1. The molecular weight excluding hydrogens is 274 g/mol. The molecule has 0 bridgehead atoms. The van der Waals surface area contributed by atoms with Crippen LogP contribution in [0.1, 0.15) is 44.7 Å². The van der Waals surface area contributed by atoms with Crippen LogP contribution in [0.2, 0.25) is 0 Å². The van der Waals surface area contributed by atoms with Crippen LogP contribution < -0.4 is 5.73 Å². The minimum atomic E-state index is -0.892. The summed E-state index contributed by atoms with van der Waals surface area (Å²) in [6.07, 6.45) is 2.12. The number of nitrogens with zero attached hydrogens (tertiary/aromatic N) is 1. The van der Waals surface area contributed by atoms with E-state index in [1.54, 1.807) is 18.9 Å². The van der Waals surface area contributed by atoms with Crippen molar-refractivity contribution in [1.29, 1.82) is 0 Å². The quantitative estimate of drug-likeness (QED) is 0.840. The number of carbonyl (C=O) groups excluding carboxylic acids is 1. The van der Waals surface area contributed by atoms with Crippen LogP contribution in [0.5, 0.6) is 0 Å². The molecule has 1 aromatic carbocycles. The maximum Gasteiger partial charge on any atom is 0.222 e. The van der Waals surface area contributed by atoms with Gasteiger partial charge in [0, 0.05) is 13.5 Å². The van der Waals surface area contributed by atoms with E-state index in [4.69, 9.17) is 5.73 Å². The summed E-state index contributed by atoms with van der Waals surface area (Å²) >= 11 is 0. The fourth-order valence-corrected chi connectivity index (χ4v) is 2.19. The summed E-state index contributed by atoms with van der Waals surface area (Å²) in [4.78, 5) is 13.7. The van der Waals surface area contributed by atoms with Crippen LogP contribution >= 0.6 is 0 Å². The minimum Gasteiger partial charge on any atom is -0.339 e. The normalized spacial score (nSPS) is 13.8. The lowest BCUT2D eigenvalue weighted by atomic mass is 10.0. The first kappa shape index (κ1) is 17.6. The molecule has 1 amide bonds. The number of amides is 1. The van der Waals surface area contributed by atoms with Crippen molar-refractivity contribution in [1.82, 2.24) is 4.90 Å². The Kier molecular flexibility index (Phi) is 6.75. The lowest BCUT2D eigenvalue weighted by Gasteiger charge is -2.26. The van der Waals surface area contributed by atoms with E-state index < -0.39 is 11.6 Å². The van der Waals surface area contributed by atoms with E-state index in [0.717, 1.165) is 25.0 Å². The molecule has 0 saturated carbocycles. The topological polar surface area (TPSA) is 46.3 Å². The van der Waals surface area contributed by atoms with Gasteiger partial charge in [-0.05, 0) is 49.9 Å². The smallest absolute Gasteiger partial charge is 0.222 e. The van der Waals surface area contributed by atoms with Crippen molar-refractivity contribution in [2.45, 2.75) is 39.2 Å². The number of carbonyl (C=O) groups is 1. The highest BCUT2D eigenvalue weighted by Gasteiger charge is 2.19. The second-order valence-corrected chi connectivity index (χ2v) is 5.58. The van der Waals surface area contributed by atoms with Crippen LogP contribution in [0, 0.1) is 17.6 Å². The second kappa shape index (κ2) is 8.08. The van der Waals surface area contributed by atoms with E-state index in [1.165, 1.54) is 6.07 Å². The number of rotatable bonds is 7. The Morgan fingerprint density at radius 3 is 2.48 bits per heavy atom. The van der Waals surface area contributed by atoms with Crippen molar-refractivity contribution in [3.8, 4) is 0 Å². The van der Waals surface area contributed by atoms with E-state index in [0.29, 0.717) is 24.4 Å². The Balaban J connectivity index is 2.62. The molecule has 2 atom stereocenters. The van der Waals surface area contributed by atoms with Gasteiger partial charge in [0.15, 0.2) is 11.6 Å². The van der Waals surface area contributed by atoms with E-state index in [9.17, 15) is 13.6 Å². The average molecular weight is 298 g/mol. The fraction of sp³-hybridized carbons (Fsp3) is 0.562. The van der Waals surface area contributed by atoms with E-state index >= 15 is 0 Å². The molecule has 3 nitrogen and oxygen atoms in total. The van der Waals surface area contributed by atoms with E-state index in [-0.39, 0.29) is 11.9 Å². The lowest BCUT2D eigenvalue weighted by molar-refractivity contribution is -0.132. The van der Waals surface area contributed by atoms with E-state index in [2.05, 4.69) is 6.92 Å². The first-order valence-corrected chi connectivity index (χ1v) is 7.27. The molecule has 2 unspecified atom stereocenters. The molecular formula is C16H24F2N2O. The monoisotopic (exact) mass is 298 g/mol. The maximum absolute atomic E-state index is 13.3. The average Bonchev–Trinajstić information content (AvgIpc) is 2.46. The third kappa shape index (κ3) is 5.08. The van der Waals surface area contributed by atoms with Crippen molar-refractivity contribution >= 4 is 5.91 Å². The zero-order valence-electron chi connectivity index (χ0n) is 12.9. The van der Waals surface area contributed by atoms with Crippen molar-refractivity contribution in [3.63, 3.8) is 0 Å². The molecule has 0 radical (unpaired) electrons. The van der Waals surface area contributed by atoms with Crippen molar-refractivity contribution in [2.24, 2.45) is 11.7 Å². The highest BCUT2D eigenvalue weighted by Crippen LogP contribution is 2.22. The zero-order chi connectivity index (χ0) is 16.0. The molecule has 0 aliphatic rings. The molecule has 0 aromatic heterocycles. The molecule has 0 spiro atoms.